The first-order chi connectivity index (χ1) is 10.8. The van der Waals surface area contributed by atoms with Gasteiger partial charge in [0.15, 0.2) is 5.82 Å². The number of hydrogen-bond acceptors (Lipinski definition) is 6. The van der Waals surface area contributed by atoms with Crippen LogP contribution in [0, 0.1) is 0 Å². The number of hydrogen-bond donors (Lipinski definition) is 2. The number of nitrogen functional groups attached to an aromatic ring is 1. The Morgan fingerprint density at radius 2 is 1.78 bits per heavy atom. The fourth-order valence-corrected chi connectivity index (χ4v) is 2.29. The standard InChI is InChI=1S/C13H15ClN4O2S.C2H6/c1-21(19,20)7-6-16-12-8-11(14)17-13(18-12)9-2-4-10(15)5-3-9;1-2/h2-5,8H,6-7,15H2,1H3,(H,16,17,18);1-2H3. The van der Waals surface area contributed by atoms with E-state index in [9.17, 15) is 8.42 Å². The molecule has 2 rings (SSSR count). The van der Waals surface area contributed by atoms with Crippen LogP contribution in [0.15, 0.2) is 30.3 Å². The molecule has 0 amide bonds. The van der Waals surface area contributed by atoms with E-state index in [1.165, 1.54) is 6.26 Å². The topological polar surface area (TPSA) is 98.0 Å². The van der Waals surface area contributed by atoms with Crippen molar-refractivity contribution in [2.24, 2.45) is 0 Å². The lowest BCUT2D eigenvalue weighted by Gasteiger charge is -2.07. The molecule has 3 N–H and O–H groups in total. The van der Waals surface area contributed by atoms with Crippen LogP contribution in [0.3, 0.4) is 0 Å². The maximum atomic E-state index is 11.1. The third kappa shape index (κ3) is 6.83. The van der Waals surface area contributed by atoms with Crippen molar-refractivity contribution in [3.8, 4) is 11.4 Å². The van der Waals surface area contributed by atoms with Crippen molar-refractivity contribution in [3.63, 3.8) is 0 Å². The lowest BCUT2D eigenvalue weighted by molar-refractivity contribution is 0.602. The number of nitrogens with two attached hydrogens (primary N) is 1. The van der Waals surface area contributed by atoms with Gasteiger partial charge in [0.1, 0.15) is 20.8 Å². The zero-order valence-corrected chi connectivity index (χ0v) is 14.9. The zero-order chi connectivity index (χ0) is 17.5. The summed E-state index contributed by atoms with van der Waals surface area (Å²) in [7, 11) is -3.02. The molecule has 0 saturated carbocycles. The SMILES string of the molecule is CC.CS(=O)(=O)CCNc1cc(Cl)nc(-c2ccc(N)cc2)n1. The largest absolute Gasteiger partial charge is 0.399 e. The predicted octanol–water partition coefficient (Wildman–Crippen LogP) is 2.86. The van der Waals surface area contributed by atoms with Gasteiger partial charge in [0.2, 0.25) is 0 Å². The lowest BCUT2D eigenvalue weighted by Crippen LogP contribution is -2.15. The van der Waals surface area contributed by atoms with E-state index in [4.69, 9.17) is 17.3 Å². The molecule has 0 bridgehead atoms. The molecule has 126 valence electrons. The van der Waals surface area contributed by atoms with Crippen LogP contribution in [-0.2, 0) is 9.84 Å². The van der Waals surface area contributed by atoms with Gasteiger partial charge in [0.05, 0.1) is 5.75 Å². The van der Waals surface area contributed by atoms with Gasteiger partial charge in [-0.25, -0.2) is 18.4 Å². The van der Waals surface area contributed by atoms with Crippen molar-refractivity contribution in [2.75, 3.05) is 29.6 Å². The number of sulfone groups is 1. The maximum Gasteiger partial charge on any atom is 0.163 e. The van der Waals surface area contributed by atoms with Crippen molar-refractivity contribution in [1.29, 1.82) is 0 Å². The molecular formula is C15H21ClN4O2S. The van der Waals surface area contributed by atoms with Crippen LogP contribution in [0.25, 0.3) is 11.4 Å². The first kappa shape index (κ1) is 19.2. The number of benzene rings is 1. The second kappa shape index (κ2) is 8.69. The molecule has 1 aromatic carbocycles. The molecule has 0 radical (unpaired) electrons. The van der Waals surface area contributed by atoms with Gasteiger partial charge in [-0.3, -0.25) is 0 Å². The molecule has 0 spiro atoms. The summed E-state index contributed by atoms with van der Waals surface area (Å²) in [6, 6.07) is 8.62. The van der Waals surface area contributed by atoms with Crippen LogP contribution >= 0.6 is 11.6 Å². The number of nitrogens with zero attached hydrogens (tertiary/aromatic N) is 2. The van der Waals surface area contributed by atoms with E-state index in [1.807, 2.05) is 13.8 Å². The molecule has 0 aliphatic heterocycles. The smallest absolute Gasteiger partial charge is 0.163 e. The van der Waals surface area contributed by atoms with Crippen molar-refractivity contribution in [3.05, 3.63) is 35.5 Å². The minimum absolute atomic E-state index is 0.0197. The molecule has 0 atom stereocenters. The molecule has 6 nitrogen and oxygen atoms in total. The molecule has 0 unspecified atom stereocenters. The van der Waals surface area contributed by atoms with Gasteiger partial charge in [-0.05, 0) is 24.3 Å². The molecule has 0 saturated heterocycles. The van der Waals surface area contributed by atoms with Crippen LogP contribution in [0.1, 0.15) is 13.8 Å². The Labute approximate surface area is 142 Å². The summed E-state index contributed by atoms with van der Waals surface area (Å²) in [4.78, 5) is 8.46. The van der Waals surface area contributed by atoms with Crippen LogP contribution < -0.4 is 11.1 Å². The van der Waals surface area contributed by atoms with E-state index in [2.05, 4.69) is 15.3 Å². The first-order valence-electron chi connectivity index (χ1n) is 7.15. The second-order valence-corrected chi connectivity index (χ2v) is 7.23. The summed E-state index contributed by atoms with van der Waals surface area (Å²) < 4.78 is 22.2. The fourth-order valence-electron chi connectivity index (χ4n) is 1.63. The van der Waals surface area contributed by atoms with Gasteiger partial charge in [0.25, 0.3) is 0 Å². The van der Waals surface area contributed by atoms with Crippen LogP contribution in [0.4, 0.5) is 11.5 Å². The minimum atomic E-state index is -3.02. The third-order valence-corrected chi connectivity index (χ3v) is 3.78. The summed E-state index contributed by atoms with van der Waals surface area (Å²) >= 11 is 5.97. The molecule has 8 heteroatoms. The molecule has 0 aliphatic carbocycles. The number of halogens is 1. The summed E-state index contributed by atoms with van der Waals surface area (Å²) in [6.07, 6.45) is 1.18. The molecule has 1 heterocycles. The molecule has 0 fully saturated rings. The first-order valence-corrected chi connectivity index (χ1v) is 9.59. The third-order valence-electron chi connectivity index (χ3n) is 2.64. The Hall–Kier alpha value is -1.86. The quantitative estimate of drug-likeness (QED) is 0.631. The van der Waals surface area contributed by atoms with Crippen molar-refractivity contribution in [2.45, 2.75) is 13.8 Å². The molecule has 2 aromatic rings. The summed E-state index contributed by atoms with van der Waals surface area (Å²) in [6.45, 7) is 4.26. The van der Waals surface area contributed by atoms with Crippen LogP contribution in [-0.4, -0.2) is 36.9 Å². The Bertz CT molecular complexity index is 734. The number of nitrogens with one attached hydrogen (secondary N) is 1. The van der Waals surface area contributed by atoms with Gasteiger partial charge in [0, 0.05) is 30.1 Å². The van der Waals surface area contributed by atoms with E-state index in [0.717, 1.165) is 5.56 Å². The van der Waals surface area contributed by atoms with Crippen molar-refractivity contribution in [1.82, 2.24) is 9.97 Å². The Morgan fingerprint density at radius 1 is 1.17 bits per heavy atom. The monoisotopic (exact) mass is 356 g/mol. The number of anilines is 2. The zero-order valence-electron chi connectivity index (χ0n) is 13.4. The lowest BCUT2D eigenvalue weighted by atomic mass is 10.2. The normalized spacial score (nSPS) is 10.6. The van der Waals surface area contributed by atoms with Crippen molar-refractivity contribution >= 4 is 32.9 Å². The highest BCUT2D eigenvalue weighted by Gasteiger charge is 2.07. The van der Waals surface area contributed by atoms with E-state index in [1.54, 1.807) is 30.3 Å². The molecule has 23 heavy (non-hydrogen) atoms. The number of rotatable bonds is 5. The van der Waals surface area contributed by atoms with Gasteiger partial charge in [-0.15, -0.1) is 0 Å². The number of aromatic nitrogens is 2. The van der Waals surface area contributed by atoms with E-state index < -0.39 is 9.84 Å². The highest BCUT2D eigenvalue weighted by Crippen LogP contribution is 2.21. The highest BCUT2D eigenvalue weighted by molar-refractivity contribution is 7.90. The van der Waals surface area contributed by atoms with E-state index in [-0.39, 0.29) is 17.5 Å². The summed E-state index contributed by atoms with van der Waals surface area (Å²) in [5.74, 6) is 0.945. The second-order valence-electron chi connectivity index (χ2n) is 4.58. The van der Waals surface area contributed by atoms with Gasteiger partial charge < -0.3 is 11.1 Å². The molecule has 1 aromatic heterocycles. The van der Waals surface area contributed by atoms with Gasteiger partial charge >= 0.3 is 0 Å². The van der Waals surface area contributed by atoms with E-state index in [0.29, 0.717) is 17.3 Å². The van der Waals surface area contributed by atoms with Crippen LogP contribution in [0.2, 0.25) is 5.15 Å². The van der Waals surface area contributed by atoms with Crippen molar-refractivity contribution < 1.29 is 8.42 Å². The van der Waals surface area contributed by atoms with Gasteiger partial charge in [-0.2, -0.15) is 0 Å². The Kier molecular flexibility index (Phi) is 7.25. The predicted molar refractivity (Wildman–Crippen MR) is 96.4 cm³/mol. The van der Waals surface area contributed by atoms with E-state index >= 15 is 0 Å². The summed E-state index contributed by atoms with van der Waals surface area (Å²) in [5.41, 5.74) is 7.06. The average Bonchev–Trinajstić information content (AvgIpc) is 2.48. The summed E-state index contributed by atoms with van der Waals surface area (Å²) in [5, 5.41) is 3.20. The molecule has 0 aliphatic rings. The fraction of sp³-hybridized carbons (Fsp3) is 0.333. The maximum absolute atomic E-state index is 11.1. The Morgan fingerprint density at radius 3 is 2.35 bits per heavy atom. The molecular weight excluding hydrogens is 336 g/mol. The van der Waals surface area contributed by atoms with Crippen LogP contribution in [0.5, 0.6) is 0 Å². The minimum Gasteiger partial charge on any atom is -0.399 e. The van der Waals surface area contributed by atoms with Gasteiger partial charge in [-0.1, -0.05) is 25.4 Å². The highest BCUT2D eigenvalue weighted by atomic mass is 35.5. The Balaban J connectivity index is 0.00000127. The average molecular weight is 357 g/mol.